The predicted octanol–water partition coefficient (Wildman–Crippen LogP) is 2.09. The Kier molecular flexibility index (Phi) is 4.97. The average Bonchev–Trinajstić information content (AvgIpc) is 2.92. The Balaban J connectivity index is 1.98. The number of hydrogen-bond donors (Lipinski definition) is 2. The normalized spacial score (nSPS) is 21.0. The molecule has 2 N–H and O–H groups in total. The summed E-state index contributed by atoms with van der Waals surface area (Å²) in [6.45, 7) is 5.35. The van der Waals surface area contributed by atoms with Crippen molar-refractivity contribution in [1.82, 2.24) is 5.32 Å². The molecule has 0 saturated carbocycles. The van der Waals surface area contributed by atoms with Gasteiger partial charge in [-0.2, -0.15) is 0 Å². The monoisotopic (exact) mass is 308 g/mol. The highest BCUT2D eigenvalue weighted by Crippen LogP contribution is 2.27. The fourth-order valence-electron chi connectivity index (χ4n) is 2.76. The lowest BCUT2D eigenvalue weighted by molar-refractivity contribution is -0.385. The maximum absolute atomic E-state index is 12.1. The average molecular weight is 308 g/mol. The second kappa shape index (κ2) is 6.74. The molecule has 1 heterocycles. The van der Waals surface area contributed by atoms with Gasteiger partial charge in [-0.3, -0.25) is 14.9 Å². The number of carbonyl (C=O) groups excluding carboxylic acids is 1. The lowest BCUT2D eigenvalue weighted by Crippen LogP contribution is -2.34. The van der Waals surface area contributed by atoms with Crippen molar-refractivity contribution in [2.24, 2.45) is 11.8 Å². The molecule has 0 bridgehead atoms. The Hall–Kier alpha value is -2.15. The van der Waals surface area contributed by atoms with Gasteiger partial charge in [-0.1, -0.05) is 13.8 Å². The van der Waals surface area contributed by atoms with Crippen LogP contribution in [0.25, 0.3) is 0 Å². The second-order valence-electron chi connectivity index (χ2n) is 5.80. The highest BCUT2D eigenvalue weighted by atomic mass is 16.6. The molecule has 1 aliphatic heterocycles. The molecule has 22 heavy (non-hydrogen) atoms. The number of nitro benzene ring substituents is 1. The van der Waals surface area contributed by atoms with E-state index in [1.54, 1.807) is 0 Å². The first-order valence-electron chi connectivity index (χ1n) is 7.27. The highest BCUT2D eigenvalue weighted by molar-refractivity contribution is 5.95. The summed E-state index contributed by atoms with van der Waals surface area (Å²) < 4.78 is 5.66. The van der Waals surface area contributed by atoms with Gasteiger partial charge in [-0.05, 0) is 24.5 Å². The van der Waals surface area contributed by atoms with Gasteiger partial charge in [-0.25, -0.2) is 0 Å². The predicted molar refractivity (Wildman–Crippen MR) is 79.8 cm³/mol. The summed E-state index contributed by atoms with van der Waals surface area (Å²) in [5, 5.41) is 23.0. The zero-order chi connectivity index (χ0) is 16.3. The van der Waals surface area contributed by atoms with Gasteiger partial charge in [0.2, 0.25) is 0 Å². The van der Waals surface area contributed by atoms with Crippen molar-refractivity contribution in [2.75, 3.05) is 13.2 Å². The molecular weight excluding hydrogens is 288 g/mol. The molecule has 0 aromatic heterocycles. The van der Waals surface area contributed by atoms with Gasteiger partial charge in [0.15, 0.2) is 5.75 Å². The van der Waals surface area contributed by atoms with Gasteiger partial charge in [0.1, 0.15) is 0 Å². The second-order valence-corrected chi connectivity index (χ2v) is 5.80. The Morgan fingerprint density at radius 3 is 2.86 bits per heavy atom. The van der Waals surface area contributed by atoms with E-state index in [0.29, 0.717) is 19.1 Å². The zero-order valence-corrected chi connectivity index (χ0v) is 12.6. The van der Waals surface area contributed by atoms with Gasteiger partial charge in [-0.15, -0.1) is 0 Å². The standard InChI is InChI=1S/C15H20N2O5/c1-9(2)14-11(5-6-22-14)8-16-15(19)10-3-4-12(17(20)21)13(18)7-10/h3-4,7,9,11,14,18H,5-6,8H2,1-2H3,(H,16,19)/t11-,14-/m0/s1. The van der Waals surface area contributed by atoms with Crippen LogP contribution in [0.5, 0.6) is 5.75 Å². The van der Waals surface area contributed by atoms with Crippen molar-refractivity contribution in [3.05, 3.63) is 33.9 Å². The van der Waals surface area contributed by atoms with Crippen LogP contribution in [0.15, 0.2) is 18.2 Å². The summed E-state index contributed by atoms with van der Waals surface area (Å²) in [4.78, 5) is 22.0. The minimum Gasteiger partial charge on any atom is -0.502 e. The van der Waals surface area contributed by atoms with Crippen molar-refractivity contribution in [1.29, 1.82) is 0 Å². The molecule has 7 heteroatoms. The number of phenolic OH excluding ortho intramolecular Hbond substituents is 1. The number of hydrogen-bond acceptors (Lipinski definition) is 5. The van der Waals surface area contributed by atoms with E-state index >= 15 is 0 Å². The molecule has 2 rings (SSSR count). The van der Waals surface area contributed by atoms with Crippen LogP contribution in [0.1, 0.15) is 30.6 Å². The lowest BCUT2D eigenvalue weighted by atomic mass is 9.93. The van der Waals surface area contributed by atoms with E-state index in [-0.39, 0.29) is 23.5 Å². The number of phenols is 1. The first-order valence-corrected chi connectivity index (χ1v) is 7.27. The number of nitro groups is 1. The first kappa shape index (κ1) is 16.2. The number of carbonyl (C=O) groups is 1. The number of nitrogens with one attached hydrogen (secondary N) is 1. The minimum absolute atomic E-state index is 0.130. The molecule has 1 fully saturated rings. The van der Waals surface area contributed by atoms with Crippen LogP contribution in [-0.2, 0) is 4.74 Å². The molecular formula is C15H20N2O5. The van der Waals surface area contributed by atoms with E-state index in [2.05, 4.69) is 19.2 Å². The first-order chi connectivity index (χ1) is 10.4. The molecule has 120 valence electrons. The third-order valence-corrected chi connectivity index (χ3v) is 3.88. The Morgan fingerprint density at radius 2 is 2.27 bits per heavy atom. The SMILES string of the molecule is CC(C)[C@@H]1OCC[C@H]1CNC(=O)c1ccc([N+](=O)[O-])c(O)c1. The highest BCUT2D eigenvalue weighted by Gasteiger charge is 2.30. The molecule has 0 spiro atoms. The fraction of sp³-hybridized carbons (Fsp3) is 0.533. The van der Waals surface area contributed by atoms with Crippen LogP contribution < -0.4 is 5.32 Å². The molecule has 0 aliphatic carbocycles. The maximum atomic E-state index is 12.1. The third kappa shape index (κ3) is 3.54. The molecule has 1 aliphatic rings. The van der Waals surface area contributed by atoms with Gasteiger partial charge in [0.25, 0.3) is 5.91 Å². The number of aromatic hydroxyl groups is 1. The molecule has 0 unspecified atom stereocenters. The smallest absolute Gasteiger partial charge is 0.310 e. The fourth-order valence-corrected chi connectivity index (χ4v) is 2.76. The zero-order valence-electron chi connectivity index (χ0n) is 12.6. The Bertz CT molecular complexity index is 573. The van der Waals surface area contributed by atoms with E-state index in [4.69, 9.17) is 4.74 Å². The van der Waals surface area contributed by atoms with Gasteiger partial charge >= 0.3 is 5.69 Å². The summed E-state index contributed by atoms with van der Waals surface area (Å²) in [6.07, 6.45) is 1.03. The summed E-state index contributed by atoms with van der Waals surface area (Å²) in [5.74, 6) is -0.232. The molecule has 7 nitrogen and oxygen atoms in total. The summed E-state index contributed by atoms with van der Waals surface area (Å²) in [6, 6.07) is 3.57. The number of ether oxygens (including phenoxy) is 1. The van der Waals surface area contributed by atoms with Crippen LogP contribution in [0.3, 0.4) is 0 Å². The van der Waals surface area contributed by atoms with Crippen LogP contribution in [0.2, 0.25) is 0 Å². The van der Waals surface area contributed by atoms with Crippen molar-refractivity contribution in [3.63, 3.8) is 0 Å². The summed E-state index contributed by atoms with van der Waals surface area (Å²) in [7, 11) is 0. The van der Waals surface area contributed by atoms with Crippen molar-refractivity contribution in [3.8, 4) is 5.75 Å². The number of benzene rings is 1. The third-order valence-electron chi connectivity index (χ3n) is 3.88. The van der Waals surface area contributed by atoms with E-state index in [1.807, 2.05) is 0 Å². The van der Waals surface area contributed by atoms with Crippen LogP contribution in [-0.4, -0.2) is 35.2 Å². The van der Waals surface area contributed by atoms with Gasteiger partial charge in [0, 0.05) is 30.7 Å². The number of rotatable bonds is 5. The molecule has 1 aromatic carbocycles. The molecule has 2 atom stereocenters. The van der Waals surface area contributed by atoms with Gasteiger partial charge < -0.3 is 15.2 Å². The molecule has 0 radical (unpaired) electrons. The maximum Gasteiger partial charge on any atom is 0.310 e. The van der Waals surface area contributed by atoms with Crippen LogP contribution in [0.4, 0.5) is 5.69 Å². The summed E-state index contributed by atoms with van der Waals surface area (Å²) in [5.41, 5.74) is -0.219. The number of nitrogens with zero attached hydrogens (tertiary/aromatic N) is 1. The lowest BCUT2D eigenvalue weighted by Gasteiger charge is -2.22. The largest absolute Gasteiger partial charge is 0.502 e. The quantitative estimate of drug-likeness (QED) is 0.640. The molecule has 1 saturated heterocycles. The van der Waals surface area contributed by atoms with Crippen LogP contribution in [0, 0.1) is 22.0 Å². The van der Waals surface area contributed by atoms with E-state index in [0.717, 1.165) is 18.6 Å². The van der Waals surface area contributed by atoms with Crippen LogP contribution >= 0.6 is 0 Å². The molecule has 1 amide bonds. The topological polar surface area (TPSA) is 102 Å². The summed E-state index contributed by atoms with van der Waals surface area (Å²) >= 11 is 0. The van der Waals surface area contributed by atoms with Crippen molar-refractivity contribution in [2.45, 2.75) is 26.4 Å². The Labute approximate surface area is 128 Å². The minimum atomic E-state index is -0.694. The molecule has 1 aromatic rings. The van der Waals surface area contributed by atoms with Crippen molar-refractivity contribution < 1.29 is 19.6 Å². The number of amides is 1. The van der Waals surface area contributed by atoms with E-state index < -0.39 is 16.4 Å². The van der Waals surface area contributed by atoms with E-state index in [1.165, 1.54) is 6.07 Å². The van der Waals surface area contributed by atoms with Crippen molar-refractivity contribution >= 4 is 11.6 Å². The Morgan fingerprint density at radius 1 is 1.55 bits per heavy atom. The van der Waals surface area contributed by atoms with Gasteiger partial charge in [0.05, 0.1) is 11.0 Å². The van der Waals surface area contributed by atoms with E-state index in [9.17, 15) is 20.0 Å².